The lowest BCUT2D eigenvalue weighted by atomic mass is 10.1. The van der Waals surface area contributed by atoms with Gasteiger partial charge in [-0.25, -0.2) is 0 Å². The number of hydrogen-bond donors (Lipinski definition) is 2. The summed E-state index contributed by atoms with van der Waals surface area (Å²) in [6.45, 7) is 4.40. The van der Waals surface area contributed by atoms with Gasteiger partial charge in [-0.3, -0.25) is 9.59 Å². The predicted molar refractivity (Wildman–Crippen MR) is 98.9 cm³/mol. The first-order valence-corrected chi connectivity index (χ1v) is 8.25. The fourth-order valence-electron chi connectivity index (χ4n) is 2.46. The largest absolute Gasteiger partial charge is 0.497 e. The van der Waals surface area contributed by atoms with E-state index in [-0.39, 0.29) is 18.2 Å². The second-order valence-corrected chi connectivity index (χ2v) is 5.92. The average Bonchev–Trinajstić information content (AvgIpc) is 2.59. The van der Waals surface area contributed by atoms with Crippen LogP contribution in [0.1, 0.15) is 23.1 Å². The van der Waals surface area contributed by atoms with Crippen molar-refractivity contribution in [2.75, 3.05) is 19.0 Å². The molecule has 0 spiro atoms. The van der Waals surface area contributed by atoms with Crippen LogP contribution in [0.5, 0.6) is 5.75 Å². The summed E-state index contributed by atoms with van der Waals surface area (Å²) in [5.74, 6) is 0.190. The van der Waals surface area contributed by atoms with E-state index in [0.717, 1.165) is 28.1 Å². The van der Waals surface area contributed by atoms with Crippen LogP contribution in [0.2, 0.25) is 0 Å². The van der Waals surface area contributed by atoms with Crippen LogP contribution >= 0.6 is 0 Å². The second-order valence-electron chi connectivity index (χ2n) is 5.92. The van der Waals surface area contributed by atoms with Gasteiger partial charge in [0.25, 0.3) is 0 Å². The molecule has 5 nitrogen and oxygen atoms in total. The van der Waals surface area contributed by atoms with Crippen LogP contribution in [0.3, 0.4) is 0 Å². The summed E-state index contributed by atoms with van der Waals surface area (Å²) in [5.41, 5.74) is 3.92. The normalized spacial score (nSPS) is 10.2. The van der Waals surface area contributed by atoms with E-state index in [1.807, 2.05) is 56.3 Å². The molecular formula is C20H24N2O3. The molecule has 0 aliphatic carbocycles. The summed E-state index contributed by atoms with van der Waals surface area (Å²) in [6, 6.07) is 13.4. The average molecular weight is 340 g/mol. The van der Waals surface area contributed by atoms with Gasteiger partial charge in [-0.2, -0.15) is 0 Å². The Kier molecular flexibility index (Phi) is 6.57. The maximum atomic E-state index is 12.0. The van der Waals surface area contributed by atoms with Gasteiger partial charge in [0.1, 0.15) is 12.2 Å². The van der Waals surface area contributed by atoms with Gasteiger partial charge >= 0.3 is 0 Å². The van der Waals surface area contributed by atoms with Crippen LogP contribution in [0, 0.1) is 13.8 Å². The Hall–Kier alpha value is -2.82. The first-order valence-electron chi connectivity index (χ1n) is 8.25. The van der Waals surface area contributed by atoms with E-state index in [4.69, 9.17) is 4.74 Å². The summed E-state index contributed by atoms with van der Waals surface area (Å²) in [6.07, 6.45) is 0.493. The second kappa shape index (κ2) is 8.87. The van der Waals surface area contributed by atoms with Gasteiger partial charge in [0.05, 0.1) is 7.11 Å². The van der Waals surface area contributed by atoms with Crippen molar-refractivity contribution in [1.29, 1.82) is 0 Å². The minimum Gasteiger partial charge on any atom is -0.497 e. The molecule has 0 bridgehead atoms. The number of amides is 2. The molecule has 2 N–H and O–H groups in total. The molecule has 2 amide bonds. The maximum absolute atomic E-state index is 12.0. The number of ether oxygens (including phenoxy) is 1. The van der Waals surface area contributed by atoms with Gasteiger partial charge < -0.3 is 15.4 Å². The van der Waals surface area contributed by atoms with E-state index in [9.17, 15) is 9.59 Å². The molecule has 0 aromatic heterocycles. The molecule has 0 fully saturated rings. The molecule has 0 radical (unpaired) electrons. The van der Waals surface area contributed by atoms with E-state index in [2.05, 4.69) is 10.6 Å². The number of rotatable bonds is 7. The van der Waals surface area contributed by atoms with Crippen LogP contribution < -0.4 is 15.4 Å². The fraction of sp³-hybridized carbons (Fsp3) is 0.300. The van der Waals surface area contributed by atoms with Crippen molar-refractivity contribution in [3.63, 3.8) is 0 Å². The SMILES string of the molecule is COc1cccc(CCNC(=O)CC(=O)Nc2cccc(C)c2C)c1. The summed E-state index contributed by atoms with van der Waals surface area (Å²) < 4.78 is 5.17. The molecule has 25 heavy (non-hydrogen) atoms. The van der Waals surface area contributed by atoms with E-state index in [1.165, 1.54) is 0 Å². The first kappa shape index (κ1) is 18.5. The topological polar surface area (TPSA) is 67.4 Å². The van der Waals surface area contributed by atoms with Crippen LogP contribution in [-0.2, 0) is 16.0 Å². The molecular weight excluding hydrogens is 316 g/mol. The molecule has 2 rings (SSSR count). The number of carbonyl (C=O) groups excluding carboxylic acids is 2. The Morgan fingerprint density at radius 2 is 1.80 bits per heavy atom. The highest BCUT2D eigenvalue weighted by Crippen LogP contribution is 2.18. The predicted octanol–water partition coefficient (Wildman–Crippen LogP) is 3.00. The molecule has 0 saturated carbocycles. The van der Waals surface area contributed by atoms with Crippen molar-refractivity contribution in [1.82, 2.24) is 5.32 Å². The monoisotopic (exact) mass is 340 g/mol. The zero-order valence-corrected chi connectivity index (χ0v) is 14.9. The zero-order valence-electron chi connectivity index (χ0n) is 14.9. The molecule has 0 saturated heterocycles. The minimum atomic E-state index is -0.312. The Balaban J connectivity index is 1.77. The highest BCUT2D eigenvalue weighted by atomic mass is 16.5. The maximum Gasteiger partial charge on any atom is 0.233 e. The van der Waals surface area contributed by atoms with Crippen LogP contribution in [0.4, 0.5) is 5.69 Å². The minimum absolute atomic E-state index is 0.189. The summed E-state index contributed by atoms with van der Waals surface area (Å²) in [4.78, 5) is 23.9. The third-order valence-corrected chi connectivity index (χ3v) is 4.07. The number of benzene rings is 2. The quantitative estimate of drug-likeness (QED) is 0.762. The number of methoxy groups -OCH3 is 1. The first-order chi connectivity index (χ1) is 12.0. The smallest absolute Gasteiger partial charge is 0.233 e. The van der Waals surface area contributed by atoms with Crippen molar-refractivity contribution in [2.24, 2.45) is 0 Å². The van der Waals surface area contributed by atoms with Gasteiger partial charge in [0, 0.05) is 12.2 Å². The number of hydrogen-bond acceptors (Lipinski definition) is 3. The Labute approximate surface area is 148 Å². The third kappa shape index (κ3) is 5.64. The lowest BCUT2D eigenvalue weighted by molar-refractivity contribution is -0.126. The van der Waals surface area contributed by atoms with Crippen LogP contribution in [-0.4, -0.2) is 25.5 Å². The number of carbonyl (C=O) groups is 2. The third-order valence-electron chi connectivity index (χ3n) is 4.07. The van der Waals surface area contributed by atoms with Crippen molar-refractivity contribution in [3.8, 4) is 5.75 Å². The van der Waals surface area contributed by atoms with Crippen LogP contribution in [0.25, 0.3) is 0 Å². The Bertz CT molecular complexity index is 756. The molecule has 0 atom stereocenters. The van der Waals surface area contributed by atoms with Gasteiger partial charge in [-0.1, -0.05) is 24.3 Å². The number of anilines is 1. The van der Waals surface area contributed by atoms with E-state index in [1.54, 1.807) is 7.11 Å². The summed E-state index contributed by atoms with van der Waals surface area (Å²) in [7, 11) is 1.62. The van der Waals surface area contributed by atoms with Gasteiger partial charge in [0.15, 0.2) is 0 Å². The number of nitrogens with one attached hydrogen (secondary N) is 2. The highest BCUT2D eigenvalue weighted by Gasteiger charge is 2.11. The highest BCUT2D eigenvalue weighted by molar-refractivity contribution is 6.03. The molecule has 2 aromatic carbocycles. The van der Waals surface area contributed by atoms with Crippen molar-refractivity contribution in [3.05, 3.63) is 59.2 Å². The Morgan fingerprint density at radius 3 is 2.56 bits per heavy atom. The molecule has 5 heteroatoms. The molecule has 0 aliphatic rings. The van der Waals surface area contributed by atoms with E-state index < -0.39 is 0 Å². The van der Waals surface area contributed by atoms with Crippen molar-refractivity contribution in [2.45, 2.75) is 26.7 Å². The molecule has 0 heterocycles. The van der Waals surface area contributed by atoms with Gasteiger partial charge in [-0.15, -0.1) is 0 Å². The van der Waals surface area contributed by atoms with E-state index in [0.29, 0.717) is 13.0 Å². The van der Waals surface area contributed by atoms with Gasteiger partial charge in [0.2, 0.25) is 11.8 Å². The standard InChI is InChI=1S/C20H24N2O3/c1-14-6-4-9-18(15(14)2)22-20(24)13-19(23)21-11-10-16-7-5-8-17(12-16)25-3/h4-9,12H,10-11,13H2,1-3H3,(H,21,23)(H,22,24). The van der Waals surface area contributed by atoms with Crippen molar-refractivity contribution < 1.29 is 14.3 Å². The molecule has 132 valence electrons. The van der Waals surface area contributed by atoms with E-state index >= 15 is 0 Å². The fourth-order valence-corrected chi connectivity index (χ4v) is 2.46. The zero-order chi connectivity index (χ0) is 18.2. The lowest BCUT2D eigenvalue weighted by Crippen LogP contribution is -2.29. The molecule has 0 aliphatic heterocycles. The van der Waals surface area contributed by atoms with Crippen LogP contribution in [0.15, 0.2) is 42.5 Å². The van der Waals surface area contributed by atoms with Gasteiger partial charge in [-0.05, 0) is 55.2 Å². The molecule has 0 unspecified atom stereocenters. The summed E-state index contributed by atoms with van der Waals surface area (Å²) in [5, 5.41) is 5.56. The Morgan fingerprint density at radius 1 is 1.04 bits per heavy atom. The van der Waals surface area contributed by atoms with Crippen molar-refractivity contribution >= 4 is 17.5 Å². The lowest BCUT2D eigenvalue weighted by Gasteiger charge is -2.10. The number of aryl methyl sites for hydroxylation is 1. The summed E-state index contributed by atoms with van der Waals surface area (Å²) >= 11 is 0. The molecule has 2 aromatic rings.